The first kappa shape index (κ1) is 20.5. The second-order valence-electron chi connectivity index (χ2n) is 6.82. The van der Waals surface area contributed by atoms with Crippen LogP contribution in [0.1, 0.15) is 18.1 Å². The summed E-state index contributed by atoms with van der Waals surface area (Å²) in [7, 11) is 4.53. The molecule has 0 bridgehead atoms. The van der Waals surface area contributed by atoms with Gasteiger partial charge in [-0.3, -0.25) is 9.59 Å². The van der Waals surface area contributed by atoms with E-state index in [-0.39, 0.29) is 18.4 Å². The van der Waals surface area contributed by atoms with E-state index >= 15 is 0 Å². The van der Waals surface area contributed by atoms with Crippen molar-refractivity contribution in [3.8, 4) is 17.2 Å². The van der Waals surface area contributed by atoms with Crippen molar-refractivity contribution in [3.05, 3.63) is 47.5 Å². The van der Waals surface area contributed by atoms with Crippen molar-refractivity contribution >= 4 is 17.5 Å². The van der Waals surface area contributed by atoms with Crippen molar-refractivity contribution in [1.29, 1.82) is 0 Å². The number of nitrogens with zero attached hydrogens (tertiary/aromatic N) is 2. The van der Waals surface area contributed by atoms with Gasteiger partial charge in [0.05, 0.1) is 27.0 Å². The van der Waals surface area contributed by atoms with E-state index in [1.54, 1.807) is 17.0 Å². The minimum absolute atomic E-state index is 0.0594. The lowest BCUT2D eigenvalue weighted by atomic mass is 10.00. The van der Waals surface area contributed by atoms with Gasteiger partial charge < -0.3 is 24.0 Å². The predicted octanol–water partition coefficient (Wildman–Crippen LogP) is 2.65. The fourth-order valence-electron chi connectivity index (χ4n) is 3.55. The van der Waals surface area contributed by atoms with Crippen molar-refractivity contribution < 1.29 is 23.8 Å². The van der Waals surface area contributed by atoms with Crippen LogP contribution in [-0.4, -0.2) is 51.1 Å². The molecule has 2 amide bonds. The van der Waals surface area contributed by atoms with Crippen LogP contribution in [-0.2, 0) is 22.6 Å². The molecular formula is C22H26N2O5. The van der Waals surface area contributed by atoms with Crippen LogP contribution in [0.15, 0.2) is 36.4 Å². The zero-order chi connectivity index (χ0) is 21.0. The van der Waals surface area contributed by atoms with E-state index in [2.05, 4.69) is 6.07 Å². The van der Waals surface area contributed by atoms with E-state index in [0.717, 1.165) is 12.0 Å². The zero-order valence-corrected chi connectivity index (χ0v) is 17.2. The third-order valence-electron chi connectivity index (χ3n) is 5.12. The second kappa shape index (κ2) is 8.86. The van der Waals surface area contributed by atoms with Crippen molar-refractivity contribution in [2.24, 2.45) is 0 Å². The lowest BCUT2D eigenvalue weighted by molar-refractivity contribution is -0.132. The minimum Gasteiger partial charge on any atom is -0.493 e. The number of methoxy groups -OCH3 is 3. The summed E-state index contributed by atoms with van der Waals surface area (Å²) in [5.41, 5.74) is 2.93. The molecule has 0 radical (unpaired) electrons. The van der Waals surface area contributed by atoms with Crippen LogP contribution >= 0.6 is 0 Å². The Kier molecular flexibility index (Phi) is 6.26. The molecule has 29 heavy (non-hydrogen) atoms. The topological polar surface area (TPSA) is 68.3 Å². The quantitative estimate of drug-likeness (QED) is 0.748. The molecule has 0 unspecified atom stereocenters. The standard InChI is InChI=1S/C22H26N2O5/c1-15(25)24(18-11-19(27-2)22(29-4)20(12-18)28-3)14-21(26)23-10-9-16-7-5-6-8-17(16)13-23/h5-8,11-12H,9-10,13-14H2,1-4H3. The largest absolute Gasteiger partial charge is 0.493 e. The molecule has 2 aromatic rings. The fourth-order valence-corrected chi connectivity index (χ4v) is 3.55. The van der Waals surface area contributed by atoms with Gasteiger partial charge in [-0.25, -0.2) is 0 Å². The van der Waals surface area contributed by atoms with Crippen molar-refractivity contribution in [2.45, 2.75) is 19.9 Å². The third-order valence-corrected chi connectivity index (χ3v) is 5.12. The Labute approximate surface area is 170 Å². The molecule has 0 atom stereocenters. The van der Waals surface area contributed by atoms with Gasteiger partial charge in [-0.05, 0) is 17.5 Å². The van der Waals surface area contributed by atoms with Gasteiger partial charge in [-0.15, -0.1) is 0 Å². The Morgan fingerprint density at radius 3 is 2.17 bits per heavy atom. The summed E-state index contributed by atoms with van der Waals surface area (Å²) >= 11 is 0. The van der Waals surface area contributed by atoms with Gasteiger partial charge in [-0.2, -0.15) is 0 Å². The lowest BCUT2D eigenvalue weighted by Gasteiger charge is -2.31. The number of rotatable bonds is 6. The molecule has 0 saturated heterocycles. The van der Waals surface area contributed by atoms with E-state index in [4.69, 9.17) is 14.2 Å². The number of carbonyl (C=O) groups excluding carboxylic acids is 2. The van der Waals surface area contributed by atoms with Gasteiger partial charge in [0.15, 0.2) is 11.5 Å². The molecule has 0 fully saturated rings. The number of benzene rings is 2. The van der Waals surface area contributed by atoms with Gasteiger partial charge in [0.2, 0.25) is 17.6 Å². The summed E-state index contributed by atoms with van der Waals surface area (Å²) < 4.78 is 16.1. The normalized spacial score (nSPS) is 12.8. The van der Waals surface area contributed by atoms with E-state index in [1.807, 2.05) is 18.2 Å². The van der Waals surface area contributed by atoms with E-state index < -0.39 is 0 Å². The van der Waals surface area contributed by atoms with Crippen LogP contribution < -0.4 is 19.1 Å². The van der Waals surface area contributed by atoms with Crippen molar-refractivity contribution in [1.82, 2.24) is 4.90 Å². The molecule has 0 saturated carbocycles. The molecule has 0 aromatic heterocycles. The van der Waals surface area contributed by atoms with E-state index in [0.29, 0.717) is 36.0 Å². The Morgan fingerprint density at radius 2 is 1.62 bits per heavy atom. The molecular weight excluding hydrogens is 372 g/mol. The first-order valence-corrected chi connectivity index (χ1v) is 9.41. The summed E-state index contributed by atoms with van der Waals surface area (Å²) in [4.78, 5) is 28.5. The predicted molar refractivity (Wildman–Crippen MR) is 110 cm³/mol. The fraction of sp³-hybridized carbons (Fsp3) is 0.364. The monoisotopic (exact) mass is 398 g/mol. The second-order valence-corrected chi connectivity index (χ2v) is 6.82. The molecule has 2 aromatic carbocycles. The average molecular weight is 398 g/mol. The highest BCUT2D eigenvalue weighted by Crippen LogP contribution is 2.41. The molecule has 7 heteroatoms. The maximum atomic E-state index is 13.0. The average Bonchev–Trinajstić information content (AvgIpc) is 2.75. The summed E-state index contributed by atoms with van der Waals surface area (Å²) in [5.74, 6) is 0.926. The number of amides is 2. The molecule has 1 aliphatic rings. The van der Waals surface area contributed by atoms with Gasteiger partial charge in [-0.1, -0.05) is 24.3 Å². The number of anilines is 1. The van der Waals surface area contributed by atoms with Gasteiger partial charge >= 0.3 is 0 Å². The summed E-state index contributed by atoms with van der Waals surface area (Å²) in [6.07, 6.45) is 0.812. The highest BCUT2D eigenvalue weighted by molar-refractivity contribution is 5.98. The van der Waals surface area contributed by atoms with Crippen molar-refractivity contribution in [2.75, 3.05) is 39.3 Å². The van der Waals surface area contributed by atoms with Gasteiger partial charge in [0.1, 0.15) is 6.54 Å². The number of carbonyl (C=O) groups is 2. The van der Waals surface area contributed by atoms with Crippen LogP contribution in [0.25, 0.3) is 0 Å². The third kappa shape index (κ3) is 4.29. The molecule has 1 heterocycles. The van der Waals surface area contributed by atoms with Gasteiger partial charge in [0, 0.05) is 32.1 Å². The molecule has 0 spiro atoms. The van der Waals surface area contributed by atoms with Gasteiger partial charge in [0.25, 0.3) is 0 Å². The van der Waals surface area contributed by atoms with E-state index in [1.165, 1.54) is 38.7 Å². The number of hydrogen-bond acceptors (Lipinski definition) is 5. The summed E-state index contributed by atoms with van der Waals surface area (Å²) in [5, 5.41) is 0. The number of hydrogen-bond donors (Lipinski definition) is 0. The Morgan fingerprint density at radius 1 is 1.00 bits per heavy atom. The molecule has 1 aliphatic heterocycles. The molecule has 7 nitrogen and oxygen atoms in total. The Hall–Kier alpha value is -3.22. The Balaban J connectivity index is 1.84. The zero-order valence-electron chi connectivity index (χ0n) is 17.2. The number of ether oxygens (including phenoxy) is 3. The maximum absolute atomic E-state index is 13.0. The van der Waals surface area contributed by atoms with Crippen LogP contribution in [0.2, 0.25) is 0 Å². The highest BCUT2D eigenvalue weighted by Gasteiger charge is 2.25. The highest BCUT2D eigenvalue weighted by atomic mass is 16.5. The van der Waals surface area contributed by atoms with Crippen molar-refractivity contribution in [3.63, 3.8) is 0 Å². The minimum atomic E-state index is -0.245. The first-order valence-electron chi connectivity index (χ1n) is 9.41. The Bertz CT molecular complexity index is 887. The maximum Gasteiger partial charge on any atom is 0.242 e. The van der Waals surface area contributed by atoms with Crippen LogP contribution in [0, 0.1) is 0 Å². The molecule has 3 rings (SSSR count). The first-order chi connectivity index (χ1) is 14.0. The number of fused-ring (bicyclic) bond motifs is 1. The molecule has 0 N–H and O–H groups in total. The molecule has 154 valence electrons. The van der Waals surface area contributed by atoms with Crippen LogP contribution in [0.3, 0.4) is 0 Å². The smallest absolute Gasteiger partial charge is 0.242 e. The summed E-state index contributed by atoms with van der Waals surface area (Å²) in [6.45, 7) is 2.56. The molecule has 0 aliphatic carbocycles. The lowest BCUT2D eigenvalue weighted by Crippen LogP contribution is -2.44. The SMILES string of the molecule is COc1cc(N(CC(=O)N2CCc3ccccc3C2)C(C)=O)cc(OC)c1OC. The van der Waals surface area contributed by atoms with Crippen LogP contribution in [0.4, 0.5) is 5.69 Å². The van der Waals surface area contributed by atoms with Crippen LogP contribution in [0.5, 0.6) is 17.2 Å². The van der Waals surface area contributed by atoms with E-state index in [9.17, 15) is 9.59 Å². The summed E-state index contributed by atoms with van der Waals surface area (Å²) in [6, 6.07) is 11.5.